The molecule has 1 nitrogen and oxygen atoms in total. The monoisotopic (exact) mass is 263 g/mol. The molecular weight excluding hydrogens is 237 g/mol. The second-order valence-electron chi connectivity index (χ2n) is 6.50. The van der Waals surface area contributed by atoms with Crippen LogP contribution in [-0.2, 0) is 6.54 Å². The van der Waals surface area contributed by atoms with E-state index in [1.54, 1.807) is 6.07 Å². The third-order valence-electron chi connectivity index (χ3n) is 4.28. The highest BCUT2D eigenvalue weighted by atomic mass is 19.1. The molecular formula is C17H26FN. The molecule has 1 aliphatic rings. The molecule has 1 N–H and O–H groups in total. The van der Waals surface area contributed by atoms with Gasteiger partial charge in [0, 0.05) is 18.7 Å². The van der Waals surface area contributed by atoms with E-state index in [0.29, 0.717) is 12.0 Å². The van der Waals surface area contributed by atoms with Crippen molar-refractivity contribution in [2.24, 2.45) is 11.3 Å². The summed E-state index contributed by atoms with van der Waals surface area (Å²) in [6.07, 6.45) is 6.66. The molecule has 0 atom stereocenters. The number of hydrogen-bond donors (Lipinski definition) is 1. The van der Waals surface area contributed by atoms with Crippen molar-refractivity contribution in [2.75, 3.05) is 6.54 Å². The second-order valence-corrected chi connectivity index (χ2v) is 6.50. The molecule has 0 aromatic heterocycles. The van der Waals surface area contributed by atoms with Crippen LogP contribution >= 0.6 is 0 Å². The lowest BCUT2D eigenvalue weighted by atomic mass is 9.78. The first kappa shape index (κ1) is 14.5. The highest BCUT2D eigenvalue weighted by Gasteiger charge is 2.33. The van der Waals surface area contributed by atoms with Gasteiger partial charge in [0.25, 0.3) is 0 Å². The van der Waals surface area contributed by atoms with Gasteiger partial charge in [0.05, 0.1) is 0 Å². The van der Waals surface area contributed by atoms with Gasteiger partial charge in [-0.1, -0.05) is 44.9 Å². The van der Waals surface area contributed by atoms with Crippen LogP contribution in [0.3, 0.4) is 0 Å². The molecule has 106 valence electrons. The Morgan fingerprint density at radius 2 is 1.89 bits per heavy atom. The minimum atomic E-state index is -0.0978. The molecule has 0 aliphatic heterocycles. The van der Waals surface area contributed by atoms with Crippen LogP contribution in [0.25, 0.3) is 0 Å². The van der Waals surface area contributed by atoms with Crippen LogP contribution in [0, 0.1) is 17.2 Å². The maximum absolute atomic E-state index is 13.6. The van der Waals surface area contributed by atoms with Crippen molar-refractivity contribution in [1.29, 1.82) is 0 Å². The molecule has 0 spiro atoms. The summed E-state index contributed by atoms with van der Waals surface area (Å²) >= 11 is 0. The average molecular weight is 263 g/mol. The first-order valence-corrected chi connectivity index (χ1v) is 7.55. The summed E-state index contributed by atoms with van der Waals surface area (Å²) in [6, 6.07) is 7.05. The SMILES string of the molecule is CC(C)CC1(CNCc2ccccc2F)CCCC1. The molecule has 0 saturated heterocycles. The van der Waals surface area contributed by atoms with E-state index in [2.05, 4.69) is 19.2 Å². The van der Waals surface area contributed by atoms with Crippen LogP contribution in [0.2, 0.25) is 0 Å². The first-order valence-electron chi connectivity index (χ1n) is 7.55. The minimum absolute atomic E-state index is 0.0978. The van der Waals surface area contributed by atoms with Gasteiger partial charge in [0.15, 0.2) is 0 Å². The fourth-order valence-corrected chi connectivity index (χ4v) is 3.55. The van der Waals surface area contributed by atoms with Crippen LogP contribution in [-0.4, -0.2) is 6.54 Å². The minimum Gasteiger partial charge on any atom is -0.312 e. The summed E-state index contributed by atoms with van der Waals surface area (Å²) in [7, 11) is 0. The van der Waals surface area contributed by atoms with E-state index >= 15 is 0 Å². The van der Waals surface area contributed by atoms with Gasteiger partial charge in [0.2, 0.25) is 0 Å². The molecule has 2 rings (SSSR count). The molecule has 0 unspecified atom stereocenters. The van der Waals surface area contributed by atoms with Crippen LogP contribution in [0.4, 0.5) is 4.39 Å². The zero-order valence-corrected chi connectivity index (χ0v) is 12.2. The van der Waals surface area contributed by atoms with Gasteiger partial charge in [-0.15, -0.1) is 0 Å². The number of benzene rings is 1. The smallest absolute Gasteiger partial charge is 0.127 e. The molecule has 0 radical (unpaired) electrons. The Kier molecular flexibility index (Phi) is 4.98. The highest BCUT2D eigenvalue weighted by Crippen LogP contribution is 2.42. The quantitative estimate of drug-likeness (QED) is 0.795. The van der Waals surface area contributed by atoms with E-state index in [0.717, 1.165) is 18.0 Å². The van der Waals surface area contributed by atoms with E-state index in [4.69, 9.17) is 0 Å². The van der Waals surface area contributed by atoms with Crippen molar-refractivity contribution in [3.63, 3.8) is 0 Å². The van der Waals surface area contributed by atoms with Crippen molar-refractivity contribution < 1.29 is 4.39 Å². The lowest BCUT2D eigenvalue weighted by molar-refractivity contribution is 0.223. The number of halogens is 1. The summed E-state index contributed by atoms with van der Waals surface area (Å²) in [5, 5.41) is 3.49. The molecule has 0 bridgehead atoms. The summed E-state index contributed by atoms with van der Waals surface area (Å²) in [4.78, 5) is 0. The summed E-state index contributed by atoms with van der Waals surface area (Å²) < 4.78 is 13.6. The molecule has 0 heterocycles. The maximum Gasteiger partial charge on any atom is 0.127 e. The third kappa shape index (κ3) is 4.04. The molecule has 0 amide bonds. The molecule has 2 heteroatoms. The Balaban J connectivity index is 1.88. The maximum atomic E-state index is 13.6. The fraction of sp³-hybridized carbons (Fsp3) is 0.647. The molecule has 1 aromatic rings. The molecule has 1 aliphatic carbocycles. The summed E-state index contributed by atoms with van der Waals surface area (Å²) in [5.41, 5.74) is 1.24. The van der Waals surface area contributed by atoms with E-state index < -0.39 is 0 Å². The standard InChI is InChI=1S/C17H26FN/c1-14(2)11-17(9-5-6-10-17)13-19-12-15-7-3-4-8-16(15)18/h3-4,7-8,14,19H,5-6,9-13H2,1-2H3. The zero-order valence-electron chi connectivity index (χ0n) is 12.2. The number of rotatable bonds is 6. The Bertz CT molecular complexity index is 394. The summed E-state index contributed by atoms with van der Waals surface area (Å²) in [5.74, 6) is 0.646. The van der Waals surface area contributed by atoms with Crippen LogP contribution in [0.5, 0.6) is 0 Å². The van der Waals surface area contributed by atoms with Gasteiger partial charge in [-0.05, 0) is 36.7 Å². The second kappa shape index (κ2) is 6.51. The Morgan fingerprint density at radius 3 is 2.53 bits per heavy atom. The Labute approximate surface area is 116 Å². The van der Waals surface area contributed by atoms with Gasteiger partial charge >= 0.3 is 0 Å². The number of nitrogens with one attached hydrogen (secondary N) is 1. The fourth-order valence-electron chi connectivity index (χ4n) is 3.55. The van der Waals surface area contributed by atoms with E-state index in [1.807, 2.05) is 12.1 Å². The predicted molar refractivity (Wildman–Crippen MR) is 78.5 cm³/mol. The van der Waals surface area contributed by atoms with Gasteiger partial charge in [-0.3, -0.25) is 0 Å². The predicted octanol–water partition coefficient (Wildman–Crippen LogP) is 4.52. The van der Waals surface area contributed by atoms with Crippen molar-refractivity contribution in [1.82, 2.24) is 5.32 Å². The van der Waals surface area contributed by atoms with Gasteiger partial charge in [-0.25, -0.2) is 4.39 Å². The molecule has 1 fully saturated rings. The largest absolute Gasteiger partial charge is 0.312 e. The van der Waals surface area contributed by atoms with Crippen molar-refractivity contribution in [2.45, 2.75) is 52.5 Å². The van der Waals surface area contributed by atoms with E-state index in [-0.39, 0.29) is 5.82 Å². The number of hydrogen-bond acceptors (Lipinski definition) is 1. The lowest BCUT2D eigenvalue weighted by Crippen LogP contribution is -2.33. The van der Waals surface area contributed by atoms with Crippen LogP contribution in [0.15, 0.2) is 24.3 Å². The van der Waals surface area contributed by atoms with Gasteiger partial charge in [-0.2, -0.15) is 0 Å². The van der Waals surface area contributed by atoms with E-state index in [1.165, 1.54) is 38.2 Å². The van der Waals surface area contributed by atoms with E-state index in [9.17, 15) is 4.39 Å². The first-order chi connectivity index (χ1) is 9.11. The lowest BCUT2D eigenvalue weighted by Gasteiger charge is -2.31. The Morgan fingerprint density at radius 1 is 1.21 bits per heavy atom. The zero-order chi connectivity index (χ0) is 13.7. The molecule has 1 aromatic carbocycles. The van der Waals surface area contributed by atoms with Crippen LogP contribution in [0.1, 0.15) is 51.5 Å². The van der Waals surface area contributed by atoms with Gasteiger partial charge in [0.1, 0.15) is 5.82 Å². The van der Waals surface area contributed by atoms with Crippen LogP contribution < -0.4 is 5.32 Å². The van der Waals surface area contributed by atoms with Gasteiger partial charge < -0.3 is 5.32 Å². The molecule has 19 heavy (non-hydrogen) atoms. The van der Waals surface area contributed by atoms with Crippen molar-refractivity contribution in [3.8, 4) is 0 Å². The summed E-state index contributed by atoms with van der Waals surface area (Å²) in [6.45, 7) is 6.28. The topological polar surface area (TPSA) is 12.0 Å². The van der Waals surface area contributed by atoms with Crippen molar-refractivity contribution in [3.05, 3.63) is 35.6 Å². The third-order valence-corrected chi connectivity index (χ3v) is 4.28. The normalized spacial score (nSPS) is 18.1. The highest BCUT2D eigenvalue weighted by molar-refractivity contribution is 5.16. The van der Waals surface area contributed by atoms with Crippen molar-refractivity contribution >= 4 is 0 Å². The molecule has 1 saturated carbocycles. The average Bonchev–Trinajstić information content (AvgIpc) is 2.79. The Hall–Kier alpha value is -0.890.